The van der Waals surface area contributed by atoms with Crippen molar-refractivity contribution >= 4 is 11.3 Å². The van der Waals surface area contributed by atoms with Crippen LogP contribution >= 0.6 is 11.3 Å². The maximum absolute atomic E-state index is 9.96. The highest BCUT2D eigenvalue weighted by molar-refractivity contribution is 7.09. The molecule has 1 aromatic carbocycles. The van der Waals surface area contributed by atoms with Crippen molar-refractivity contribution in [2.45, 2.75) is 18.6 Å². The van der Waals surface area contributed by atoms with Gasteiger partial charge in [-0.1, -0.05) is 30.3 Å². The van der Waals surface area contributed by atoms with Gasteiger partial charge in [-0.3, -0.25) is 0 Å². The first-order valence-electron chi connectivity index (χ1n) is 5.14. The van der Waals surface area contributed by atoms with Crippen LogP contribution in [0, 0.1) is 0 Å². The van der Waals surface area contributed by atoms with Crippen LogP contribution in [0.25, 0.3) is 0 Å². The summed E-state index contributed by atoms with van der Waals surface area (Å²) in [6.45, 7) is 0. The van der Waals surface area contributed by atoms with E-state index in [1.807, 2.05) is 35.7 Å². The van der Waals surface area contributed by atoms with E-state index in [0.717, 1.165) is 5.56 Å². The van der Waals surface area contributed by atoms with E-state index in [0.29, 0.717) is 11.4 Å². The molecule has 2 atom stereocenters. The highest BCUT2D eigenvalue weighted by atomic mass is 32.1. The molecule has 0 aliphatic rings. The average molecular weight is 234 g/mol. The number of rotatable bonds is 4. The van der Waals surface area contributed by atoms with Crippen LogP contribution in [0.1, 0.15) is 16.7 Å². The molecule has 3 N–H and O–H groups in total. The molecule has 3 nitrogen and oxygen atoms in total. The summed E-state index contributed by atoms with van der Waals surface area (Å²) in [5.74, 6) is 0. The van der Waals surface area contributed by atoms with Gasteiger partial charge in [0, 0.05) is 17.6 Å². The quantitative estimate of drug-likeness (QED) is 0.847. The molecule has 0 aliphatic heterocycles. The van der Waals surface area contributed by atoms with Crippen LogP contribution in [-0.2, 0) is 6.42 Å². The van der Waals surface area contributed by atoms with Crippen molar-refractivity contribution in [1.82, 2.24) is 4.98 Å². The second-order valence-electron chi connectivity index (χ2n) is 3.67. The predicted octanol–water partition coefficient (Wildman–Crippen LogP) is 1.75. The largest absolute Gasteiger partial charge is 0.384 e. The molecule has 1 heterocycles. The fourth-order valence-electron chi connectivity index (χ4n) is 1.56. The Kier molecular flexibility index (Phi) is 3.66. The summed E-state index contributed by atoms with van der Waals surface area (Å²) in [5.41, 5.74) is 7.09. The summed E-state index contributed by atoms with van der Waals surface area (Å²) in [7, 11) is 0. The SMILES string of the molecule is NC(Cc1ccccc1)[C@@H](O)c1nccs1. The molecule has 0 bridgehead atoms. The van der Waals surface area contributed by atoms with E-state index in [1.54, 1.807) is 6.20 Å². The van der Waals surface area contributed by atoms with Crippen LogP contribution in [0.5, 0.6) is 0 Å². The lowest BCUT2D eigenvalue weighted by molar-refractivity contribution is 0.145. The van der Waals surface area contributed by atoms with Crippen molar-refractivity contribution in [2.75, 3.05) is 0 Å². The van der Waals surface area contributed by atoms with Gasteiger partial charge < -0.3 is 10.8 Å². The Labute approximate surface area is 98.6 Å². The van der Waals surface area contributed by atoms with Crippen LogP contribution < -0.4 is 5.73 Å². The van der Waals surface area contributed by atoms with Gasteiger partial charge in [-0.25, -0.2) is 4.98 Å². The summed E-state index contributed by atoms with van der Waals surface area (Å²) in [5, 5.41) is 12.5. The molecule has 16 heavy (non-hydrogen) atoms. The summed E-state index contributed by atoms with van der Waals surface area (Å²) >= 11 is 1.43. The molecule has 2 aromatic rings. The zero-order chi connectivity index (χ0) is 11.4. The molecule has 0 amide bonds. The van der Waals surface area contributed by atoms with E-state index in [1.165, 1.54) is 11.3 Å². The van der Waals surface area contributed by atoms with Gasteiger partial charge in [0.2, 0.25) is 0 Å². The number of thiazole rings is 1. The molecule has 0 saturated heterocycles. The molecular formula is C12H14N2OS. The maximum Gasteiger partial charge on any atom is 0.123 e. The van der Waals surface area contributed by atoms with Crippen LogP contribution in [0.15, 0.2) is 41.9 Å². The number of hydrogen-bond acceptors (Lipinski definition) is 4. The molecule has 1 unspecified atom stereocenters. The zero-order valence-electron chi connectivity index (χ0n) is 8.78. The number of aromatic nitrogens is 1. The molecule has 0 saturated carbocycles. The highest BCUT2D eigenvalue weighted by Gasteiger charge is 2.19. The second-order valence-corrected chi connectivity index (χ2v) is 4.59. The fraction of sp³-hybridized carbons (Fsp3) is 0.250. The van der Waals surface area contributed by atoms with Gasteiger partial charge in [0.15, 0.2) is 0 Å². The Hall–Kier alpha value is -1.23. The first kappa shape index (κ1) is 11.3. The van der Waals surface area contributed by atoms with E-state index in [-0.39, 0.29) is 6.04 Å². The van der Waals surface area contributed by atoms with Gasteiger partial charge in [0.05, 0.1) is 0 Å². The highest BCUT2D eigenvalue weighted by Crippen LogP contribution is 2.20. The molecule has 4 heteroatoms. The van der Waals surface area contributed by atoms with Gasteiger partial charge in [0.25, 0.3) is 0 Å². The Morgan fingerprint density at radius 3 is 2.69 bits per heavy atom. The van der Waals surface area contributed by atoms with Gasteiger partial charge in [-0.05, 0) is 12.0 Å². The van der Waals surface area contributed by atoms with Gasteiger partial charge in [-0.15, -0.1) is 11.3 Å². The standard InChI is InChI=1S/C12H14N2OS/c13-10(8-9-4-2-1-3-5-9)11(15)12-14-6-7-16-12/h1-7,10-11,15H,8,13H2/t10?,11-/m1/s1. The number of aliphatic hydroxyl groups excluding tert-OH is 1. The van der Waals surface area contributed by atoms with Crippen molar-refractivity contribution in [1.29, 1.82) is 0 Å². The topological polar surface area (TPSA) is 59.1 Å². The molecule has 2 rings (SSSR count). The third-order valence-corrected chi connectivity index (χ3v) is 3.27. The van der Waals surface area contributed by atoms with E-state index in [2.05, 4.69) is 4.98 Å². The van der Waals surface area contributed by atoms with E-state index >= 15 is 0 Å². The van der Waals surface area contributed by atoms with Gasteiger partial charge >= 0.3 is 0 Å². The first-order valence-corrected chi connectivity index (χ1v) is 6.02. The predicted molar refractivity (Wildman–Crippen MR) is 65.2 cm³/mol. The Morgan fingerprint density at radius 2 is 2.06 bits per heavy atom. The van der Waals surface area contributed by atoms with Crippen LogP contribution in [0.3, 0.4) is 0 Å². The molecule has 0 aliphatic carbocycles. The van der Waals surface area contributed by atoms with Crippen molar-refractivity contribution < 1.29 is 5.11 Å². The first-order chi connectivity index (χ1) is 7.77. The lowest BCUT2D eigenvalue weighted by atomic mass is 10.0. The molecule has 0 radical (unpaired) electrons. The number of benzene rings is 1. The van der Waals surface area contributed by atoms with Crippen molar-refractivity contribution in [3.63, 3.8) is 0 Å². The smallest absolute Gasteiger partial charge is 0.123 e. The third-order valence-electron chi connectivity index (χ3n) is 2.42. The number of hydrogen-bond donors (Lipinski definition) is 2. The number of nitrogens with zero attached hydrogens (tertiary/aromatic N) is 1. The van der Waals surface area contributed by atoms with Crippen LogP contribution in [0.4, 0.5) is 0 Å². The van der Waals surface area contributed by atoms with Gasteiger partial charge in [-0.2, -0.15) is 0 Å². The van der Waals surface area contributed by atoms with Crippen molar-refractivity contribution in [2.24, 2.45) is 5.73 Å². The molecular weight excluding hydrogens is 220 g/mol. The zero-order valence-corrected chi connectivity index (χ0v) is 9.60. The van der Waals surface area contributed by atoms with Crippen molar-refractivity contribution in [3.05, 3.63) is 52.5 Å². The molecule has 0 spiro atoms. The van der Waals surface area contributed by atoms with Gasteiger partial charge in [0.1, 0.15) is 11.1 Å². The Morgan fingerprint density at radius 1 is 1.31 bits per heavy atom. The molecule has 84 valence electrons. The summed E-state index contributed by atoms with van der Waals surface area (Å²) < 4.78 is 0. The maximum atomic E-state index is 9.96. The minimum Gasteiger partial charge on any atom is -0.384 e. The van der Waals surface area contributed by atoms with E-state index in [4.69, 9.17) is 5.73 Å². The Balaban J connectivity index is 2.01. The van der Waals surface area contributed by atoms with E-state index < -0.39 is 6.10 Å². The van der Waals surface area contributed by atoms with E-state index in [9.17, 15) is 5.11 Å². The minimum absolute atomic E-state index is 0.312. The van der Waals surface area contributed by atoms with Crippen LogP contribution in [-0.4, -0.2) is 16.1 Å². The number of aliphatic hydroxyl groups is 1. The lowest BCUT2D eigenvalue weighted by Gasteiger charge is -2.16. The molecule has 0 fully saturated rings. The van der Waals surface area contributed by atoms with Crippen molar-refractivity contribution in [3.8, 4) is 0 Å². The average Bonchev–Trinajstić information content (AvgIpc) is 2.83. The third kappa shape index (κ3) is 2.66. The summed E-state index contributed by atoms with van der Waals surface area (Å²) in [6.07, 6.45) is 1.65. The number of nitrogens with two attached hydrogens (primary N) is 1. The Bertz CT molecular complexity index is 416. The molecule has 1 aromatic heterocycles. The van der Waals surface area contributed by atoms with Crippen LogP contribution in [0.2, 0.25) is 0 Å². The summed E-state index contributed by atoms with van der Waals surface area (Å²) in [6, 6.07) is 9.61. The summed E-state index contributed by atoms with van der Waals surface area (Å²) in [4.78, 5) is 4.07. The minimum atomic E-state index is -0.680. The normalized spacial score (nSPS) is 14.6. The second kappa shape index (κ2) is 5.21. The fourth-order valence-corrected chi connectivity index (χ4v) is 2.26. The monoisotopic (exact) mass is 234 g/mol. The lowest BCUT2D eigenvalue weighted by Crippen LogP contribution is -2.30.